The average molecular weight is 254 g/mol. The van der Waals surface area contributed by atoms with Crippen LogP contribution in [0.25, 0.3) is 0 Å². The van der Waals surface area contributed by atoms with Crippen molar-refractivity contribution < 1.29 is 9.21 Å². The molecule has 1 amide bonds. The van der Waals surface area contributed by atoms with Gasteiger partial charge in [-0.3, -0.25) is 4.79 Å². The zero-order valence-electron chi connectivity index (χ0n) is 10.6. The Kier molecular flexibility index (Phi) is 3.93. The van der Waals surface area contributed by atoms with Gasteiger partial charge in [-0.05, 0) is 33.3 Å². The zero-order chi connectivity index (χ0) is 13.2. The molecule has 0 radical (unpaired) electrons. The van der Waals surface area contributed by atoms with Crippen LogP contribution >= 0.6 is 12.2 Å². The minimum Gasteiger partial charge on any atom is -0.466 e. The molecule has 1 aromatic rings. The van der Waals surface area contributed by atoms with Gasteiger partial charge in [-0.1, -0.05) is 19.1 Å². The Labute approximate surface area is 107 Å². The number of nitrogens with two attached hydrogens (primary N) is 1. The minimum absolute atomic E-state index is 0.212. The van der Waals surface area contributed by atoms with E-state index in [1.165, 1.54) is 0 Å². The molecule has 1 atom stereocenters. The van der Waals surface area contributed by atoms with Crippen molar-refractivity contribution in [3.05, 3.63) is 23.2 Å². The molecule has 3 N–H and O–H groups in total. The van der Waals surface area contributed by atoms with Gasteiger partial charge in [0.2, 0.25) is 0 Å². The Morgan fingerprint density at radius 3 is 2.53 bits per heavy atom. The Bertz CT molecular complexity index is 453. The summed E-state index contributed by atoms with van der Waals surface area (Å²) in [5.41, 5.74) is 5.51. The fourth-order valence-electron chi connectivity index (χ4n) is 1.50. The van der Waals surface area contributed by atoms with Crippen LogP contribution in [-0.4, -0.2) is 16.4 Å². The van der Waals surface area contributed by atoms with E-state index >= 15 is 0 Å². The third-order valence-electron chi connectivity index (χ3n) is 2.93. The maximum Gasteiger partial charge on any atom is 0.255 e. The maximum atomic E-state index is 12.1. The van der Waals surface area contributed by atoms with Gasteiger partial charge in [0.15, 0.2) is 0 Å². The van der Waals surface area contributed by atoms with Crippen molar-refractivity contribution in [1.29, 1.82) is 0 Å². The molecule has 0 saturated carbocycles. The summed E-state index contributed by atoms with van der Waals surface area (Å²) >= 11 is 4.98. The number of hydrogen-bond acceptors (Lipinski definition) is 3. The van der Waals surface area contributed by atoms with Crippen molar-refractivity contribution in [2.75, 3.05) is 0 Å². The SMILES string of the molecule is CCC(C)(NC(=O)c1cc(C)oc1C)C(N)=S. The number of furan rings is 1. The van der Waals surface area contributed by atoms with Crippen LogP contribution in [0.2, 0.25) is 0 Å². The quantitative estimate of drug-likeness (QED) is 0.807. The van der Waals surface area contributed by atoms with Crippen LogP contribution in [0.4, 0.5) is 0 Å². The molecule has 1 heterocycles. The van der Waals surface area contributed by atoms with Gasteiger partial charge in [-0.15, -0.1) is 0 Å². The summed E-state index contributed by atoms with van der Waals surface area (Å²) in [6.07, 6.45) is 0.643. The second-order valence-corrected chi connectivity index (χ2v) is 4.77. The van der Waals surface area contributed by atoms with Crippen LogP contribution in [0.1, 0.15) is 42.1 Å². The summed E-state index contributed by atoms with van der Waals surface area (Å²) in [6, 6.07) is 1.71. The number of nitrogens with one attached hydrogen (secondary N) is 1. The predicted molar refractivity (Wildman–Crippen MR) is 71.1 cm³/mol. The molecule has 0 bridgehead atoms. The number of carbonyl (C=O) groups excluding carboxylic acids is 1. The summed E-state index contributed by atoms with van der Waals surface area (Å²) in [5.74, 6) is 1.10. The molecule has 1 unspecified atom stereocenters. The van der Waals surface area contributed by atoms with Crippen molar-refractivity contribution in [3.63, 3.8) is 0 Å². The smallest absolute Gasteiger partial charge is 0.255 e. The summed E-state index contributed by atoms with van der Waals surface area (Å²) in [7, 11) is 0. The maximum absolute atomic E-state index is 12.1. The zero-order valence-corrected chi connectivity index (χ0v) is 11.4. The molecular weight excluding hydrogens is 236 g/mol. The molecule has 0 aliphatic heterocycles. The van der Waals surface area contributed by atoms with Gasteiger partial charge in [0.25, 0.3) is 5.91 Å². The highest BCUT2D eigenvalue weighted by molar-refractivity contribution is 7.80. The Hall–Kier alpha value is -1.36. The lowest BCUT2D eigenvalue weighted by atomic mass is 9.98. The van der Waals surface area contributed by atoms with Gasteiger partial charge in [-0.2, -0.15) is 0 Å². The second-order valence-electron chi connectivity index (χ2n) is 4.33. The van der Waals surface area contributed by atoms with Crippen LogP contribution in [0, 0.1) is 13.8 Å². The molecular formula is C12H18N2O2S. The molecule has 0 fully saturated rings. The molecule has 94 valence electrons. The van der Waals surface area contributed by atoms with Crippen molar-refractivity contribution in [3.8, 4) is 0 Å². The van der Waals surface area contributed by atoms with E-state index in [0.29, 0.717) is 23.5 Å². The van der Waals surface area contributed by atoms with Gasteiger partial charge >= 0.3 is 0 Å². The molecule has 0 aliphatic carbocycles. The molecule has 5 heteroatoms. The van der Waals surface area contributed by atoms with Crippen LogP contribution in [0.15, 0.2) is 10.5 Å². The lowest BCUT2D eigenvalue weighted by molar-refractivity contribution is 0.0925. The van der Waals surface area contributed by atoms with E-state index in [4.69, 9.17) is 22.4 Å². The standard InChI is InChI=1S/C12H18N2O2S/c1-5-12(4,11(13)17)14-10(15)9-6-7(2)16-8(9)3/h6H,5H2,1-4H3,(H2,13,17)(H,14,15). The highest BCUT2D eigenvalue weighted by Gasteiger charge is 2.29. The Balaban J connectivity index is 2.93. The van der Waals surface area contributed by atoms with Crippen LogP contribution < -0.4 is 11.1 Å². The summed E-state index contributed by atoms with van der Waals surface area (Å²) in [4.78, 5) is 12.4. The first kappa shape index (κ1) is 13.7. The molecule has 4 nitrogen and oxygen atoms in total. The first-order valence-electron chi connectivity index (χ1n) is 5.49. The largest absolute Gasteiger partial charge is 0.466 e. The fraction of sp³-hybridized carbons (Fsp3) is 0.500. The molecule has 1 rings (SSSR count). The number of hydrogen-bond donors (Lipinski definition) is 2. The van der Waals surface area contributed by atoms with Crippen molar-refractivity contribution in [1.82, 2.24) is 5.32 Å². The van der Waals surface area contributed by atoms with Crippen molar-refractivity contribution in [2.45, 2.75) is 39.7 Å². The summed E-state index contributed by atoms with van der Waals surface area (Å²) in [5, 5.41) is 2.85. The fourth-order valence-corrected chi connectivity index (χ4v) is 1.69. The summed E-state index contributed by atoms with van der Waals surface area (Å²) in [6.45, 7) is 7.30. The van der Waals surface area contributed by atoms with Gasteiger partial charge in [0, 0.05) is 0 Å². The van der Waals surface area contributed by atoms with E-state index in [1.807, 2.05) is 13.8 Å². The third kappa shape index (κ3) is 2.85. The van der Waals surface area contributed by atoms with E-state index < -0.39 is 5.54 Å². The van der Waals surface area contributed by atoms with Crippen molar-refractivity contribution in [2.24, 2.45) is 5.73 Å². The normalized spacial score (nSPS) is 14.1. The Morgan fingerprint density at radius 2 is 2.18 bits per heavy atom. The van der Waals surface area contributed by atoms with E-state index in [2.05, 4.69) is 5.32 Å². The van der Waals surface area contributed by atoms with E-state index in [-0.39, 0.29) is 10.9 Å². The lowest BCUT2D eigenvalue weighted by Crippen LogP contribution is -2.54. The topological polar surface area (TPSA) is 68.3 Å². The third-order valence-corrected chi connectivity index (χ3v) is 3.38. The number of rotatable bonds is 4. The first-order chi connectivity index (χ1) is 7.80. The number of amides is 1. The van der Waals surface area contributed by atoms with Crippen LogP contribution in [-0.2, 0) is 0 Å². The van der Waals surface area contributed by atoms with Gasteiger partial charge in [0.05, 0.1) is 16.1 Å². The van der Waals surface area contributed by atoms with Crippen LogP contribution in [0.3, 0.4) is 0 Å². The number of thiocarbonyl (C=S) groups is 1. The predicted octanol–water partition coefficient (Wildman–Crippen LogP) is 2.08. The molecule has 0 spiro atoms. The van der Waals surface area contributed by atoms with E-state index in [9.17, 15) is 4.79 Å². The van der Waals surface area contributed by atoms with Gasteiger partial charge in [0.1, 0.15) is 11.5 Å². The van der Waals surface area contributed by atoms with E-state index in [1.54, 1.807) is 19.9 Å². The van der Waals surface area contributed by atoms with Gasteiger partial charge < -0.3 is 15.5 Å². The first-order valence-corrected chi connectivity index (χ1v) is 5.90. The summed E-state index contributed by atoms with van der Waals surface area (Å²) < 4.78 is 5.32. The monoisotopic (exact) mass is 254 g/mol. The molecule has 17 heavy (non-hydrogen) atoms. The molecule has 0 saturated heterocycles. The number of aryl methyl sites for hydroxylation is 2. The number of carbonyl (C=O) groups is 1. The van der Waals surface area contributed by atoms with Crippen LogP contribution in [0.5, 0.6) is 0 Å². The molecule has 0 aliphatic rings. The molecule has 0 aromatic carbocycles. The highest BCUT2D eigenvalue weighted by Crippen LogP contribution is 2.16. The average Bonchev–Trinajstić information content (AvgIpc) is 2.57. The van der Waals surface area contributed by atoms with E-state index in [0.717, 1.165) is 0 Å². The Morgan fingerprint density at radius 1 is 1.59 bits per heavy atom. The second kappa shape index (κ2) is 4.87. The van der Waals surface area contributed by atoms with Gasteiger partial charge in [-0.25, -0.2) is 0 Å². The highest BCUT2D eigenvalue weighted by atomic mass is 32.1. The minimum atomic E-state index is -0.663. The lowest BCUT2D eigenvalue weighted by Gasteiger charge is -2.28. The van der Waals surface area contributed by atoms with Crippen molar-refractivity contribution >= 4 is 23.1 Å². The molecule has 1 aromatic heterocycles.